The number of aliphatic hydroxyl groups is 1. The lowest BCUT2D eigenvalue weighted by Gasteiger charge is -2.09. The molecule has 12 heavy (non-hydrogen) atoms. The quantitative estimate of drug-likeness (QED) is 0.723. The third-order valence-electron chi connectivity index (χ3n) is 0.544. The second kappa shape index (κ2) is 17.5. The Morgan fingerprint density at radius 1 is 1.00 bits per heavy atom. The Hall–Kier alpha value is 0.500. The zero-order valence-corrected chi connectivity index (χ0v) is 9.99. The molecule has 2 nitrogen and oxygen atoms in total. The van der Waals surface area contributed by atoms with E-state index in [1.54, 1.807) is 0 Å². The van der Waals surface area contributed by atoms with Gasteiger partial charge in [0.25, 0.3) is 0 Å². The third-order valence-corrected chi connectivity index (χ3v) is 0.544. The largest absolute Gasteiger partial charge is 0.400 e. The highest BCUT2D eigenvalue weighted by molar-refractivity contribution is 6.40. The van der Waals surface area contributed by atoms with Gasteiger partial charge in [0.2, 0.25) is 0 Å². The summed E-state index contributed by atoms with van der Waals surface area (Å²) in [5, 5.41) is 7.19. The first kappa shape index (κ1) is 18.3. The van der Waals surface area contributed by atoms with E-state index < -0.39 is 0 Å². The summed E-state index contributed by atoms with van der Waals surface area (Å²) in [6, 6.07) is 0. The lowest BCUT2D eigenvalue weighted by molar-refractivity contribution is 0.0300. The van der Waals surface area contributed by atoms with Gasteiger partial charge in [-0.1, -0.05) is 0 Å². The van der Waals surface area contributed by atoms with Gasteiger partial charge < -0.3 is 9.84 Å². The molecular formula is C8H20Cl2O2. The predicted octanol–water partition coefficient (Wildman–Crippen LogP) is 2.85. The highest BCUT2D eigenvalue weighted by Gasteiger charge is 1.94. The van der Waals surface area contributed by atoms with Crippen LogP contribution in [0.25, 0.3) is 0 Å². The van der Waals surface area contributed by atoms with Crippen molar-refractivity contribution in [1.29, 1.82) is 0 Å². The molecule has 0 radical (unpaired) electrons. The monoisotopic (exact) mass is 218 g/mol. The number of hydrogen-bond donors (Lipinski definition) is 1. The highest BCUT2D eigenvalue weighted by Crippen LogP contribution is 1.93. The molecule has 0 aliphatic carbocycles. The molecule has 0 aromatic rings. The van der Waals surface area contributed by atoms with Crippen molar-refractivity contribution < 1.29 is 9.84 Å². The van der Waals surface area contributed by atoms with Gasteiger partial charge in [0.1, 0.15) is 0 Å². The van der Waals surface area contributed by atoms with Gasteiger partial charge in [-0.3, -0.25) is 0 Å². The van der Waals surface area contributed by atoms with Crippen molar-refractivity contribution in [2.24, 2.45) is 0 Å². The number of rotatable bonds is 2. The first-order valence-electron chi connectivity index (χ1n) is 3.76. The molecule has 0 saturated carbocycles. The van der Waals surface area contributed by atoms with E-state index in [0.717, 1.165) is 7.11 Å². The van der Waals surface area contributed by atoms with Crippen LogP contribution in [-0.2, 0) is 4.74 Å². The summed E-state index contributed by atoms with van der Waals surface area (Å²) in [5.74, 6) is 0. The molecular weight excluding hydrogens is 199 g/mol. The fourth-order valence-electron chi connectivity index (χ4n) is 0.544. The van der Waals surface area contributed by atoms with Crippen molar-refractivity contribution in [1.82, 2.24) is 0 Å². The second-order valence-corrected chi connectivity index (χ2v) is 3.14. The molecule has 0 rings (SSSR count). The van der Waals surface area contributed by atoms with Crippen LogP contribution in [-0.4, -0.2) is 29.8 Å². The number of ether oxygens (including phenoxy) is 1. The average Bonchev–Trinajstić information content (AvgIpc) is 1.90. The van der Waals surface area contributed by atoms with Gasteiger partial charge in [-0.25, -0.2) is 0 Å². The number of alkyl halides is 2. The van der Waals surface area contributed by atoms with Crippen LogP contribution in [0.15, 0.2) is 0 Å². The van der Waals surface area contributed by atoms with Crippen LogP contribution in [0.2, 0.25) is 0 Å². The number of aliphatic hydroxyl groups excluding tert-OH is 1. The van der Waals surface area contributed by atoms with Crippen LogP contribution in [0, 0.1) is 0 Å². The summed E-state index contributed by atoms with van der Waals surface area (Å²) in [7, 11) is 1.00. The minimum absolute atomic E-state index is 0.194. The minimum Gasteiger partial charge on any atom is -0.400 e. The Balaban J connectivity index is -0.000000137. The van der Waals surface area contributed by atoms with Gasteiger partial charge in [0.05, 0.1) is 17.5 Å². The normalized spacial score (nSPS) is 8.50. The van der Waals surface area contributed by atoms with Crippen molar-refractivity contribution in [3.63, 3.8) is 0 Å². The fourth-order valence-corrected chi connectivity index (χ4v) is 0.544. The molecule has 78 valence electrons. The van der Waals surface area contributed by atoms with E-state index in [0.29, 0.717) is 12.2 Å². The Kier molecular flexibility index (Phi) is 26.8. The molecule has 0 unspecified atom stereocenters. The van der Waals surface area contributed by atoms with E-state index in [2.05, 4.69) is 0 Å². The van der Waals surface area contributed by atoms with Crippen molar-refractivity contribution >= 4 is 23.2 Å². The van der Waals surface area contributed by atoms with Gasteiger partial charge in [0.15, 0.2) is 0 Å². The van der Waals surface area contributed by atoms with Crippen LogP contribution >= 0.6 is 23.2 Å². The standard InChI is InChI=1S/C6H14O.CH2Cl2.CH4O/c1-5(2)7-6(3)4;2-1-3;1-2/h5-6H,1-4H3;1H2;2H,1H3. The molecule has 0 aromatic heterocycles. The maximum absolute atomic E-state index is 7.00. The van der Waals surface area contributed by atoms with E-state index in [9.17, 15) is 0 Å². The Morgan fingerprint density at radius 3 is 1.17 bits per heavy atom. The molecule has 0 aliphatic heterocycles. The summed E-state index contributed by atoms with van der Waals surface area (Å²) in [5.41, 5.74) is 0. The Morgan fingerprint density at radius 2 is 1.17 bits per heavy atom. The summed E-state index contributed by atoms with van der Waals surface area (Å²) in [4.78, 5) is 0. The Bertz CT molecular complexity index is 53.0. The van der Waals surface area contributed by atoms with E-state index >= 15 is 0 Å². The van der Waals surface area contributed by atoms with Gasteiger partial charge in [-0.05, 0) is 27.7 Å². The maximum atomic E-state index is 7.00. The highest BCUT2D eigenvalue weighted by atomic mass is 35.5. The van der Waals surface area contributed by atoms with Crippen LogP contribution < -0.4 is 0 Å². The number of hydrogen-bond acceptors (Lipinski definition) is 2. The van der Waals surface area contributed by atoms with Crippen LogP contribution in [0.3, 0.4) is 0 Å². The molecule has 0 bridgehead atoms. The van der Waals surface area contributed by atoms with Crippen LogP contribution in [0.1, 0.15) is 27.7 Å². The molecule has 0 heterocycles. The molecule has 0 aliphatic rings. The Labute approximate surface area is 85.8 Å². The lowest BCUT2D eigenvalue weighted by Crippen LogP contribution is -2.09. The second-order valence-electron chi connectivity index (χ2n) is 2.33. The summed E-state index contributed by atoms with van der Waals surface area (Å²) in [6.45, 7) is 8.17. The average molecular weight is 219 g/mol. The summed E-state index contributed by atoms with van der Waals surface area (Å²) < 4.78 is 5.25. The van der Waals surface area contributed by atoms with E-state index in [4.69, 9.17) is 33.0 Å². The zero-order chi connectivity index (χ0) is 10.6. The van der Waals surface area contributed by atoms with Crippen molar-refractivity contribution in [3.05, 3.63) is 0 Å². The SMILES string of the molecule is CC(C)OC(C)C.CO.ClCCl. The molecule has 0 atom stereocenters. The fraction of sp³-hybridized carbons (Fsp3) is 1.00. The van der Waals surface area contributed by atoms with Gasteiger partial charge >= 0.3 is 0 Å². The first-order valence-corrected chi connectivity index (χ1v) is 4.83. The van der Waals surface area contributed by atoms with Gasteiger partial charge in [-0.2, -0.15) is 0 Å². The molecule has 0 amide bonds. The molecule has 0 spiro atoms. The third kappa shape index (κ3) is 46.8. The topological polar surface area (TPSA) is 29.5 Å². The molecule has 0 fully saturated rings. The molecule has 4 heteroatoms. The lowest BCUT2D eigenvalue weighted by atomic mass is 10.4. The predicted molar refractivity (Wildman–Crippen MR) is 56.1 cm³/mol. The van der Waals surface area contributed by atoms with E-state index in [-0.39, 0.29) is 5.34 Å². The van der Waals surface area contributed by atoms with Crippen LogP contribution in [0.4, 0.5) is 0 Å². The molecule has 1 N–H and O–H groups in total. The molecule has 0 saturated heterocycles. The smallest absolute Gasteiger partial charge is 0.0967 e. The first-order chi connectivity index (χ1) is 5.54. The number of halogens is 2. The van der Waals surface area contributed by atoms with Gasteiger partial charge in [0, 0.05) is 7.11 Å². The van der Waals surface area contributed by atoms with Crippen molar-refractivity contribution in [2.45, 2.75) is 39.9 Å². The van der Waals surface area contributed by atoms with Crippen molar-refractivity contribution in [3.8, 4) is 0 Å². The van der Waals surface area contributed by atoms with Crippen LogP contribution in [0.5, 0.6) is 0 Å². The van der Waals surface area contributed by atoms with E-state index in [1.165, 1.54) is 0 Å². The molecule has 0 aromatic carbocycles. The zero-order valence-electron chi connectivity index (χ0n) is 8.47. The van der Waals surface area contributed by atoms with Gasteiger partial charge in [-0.15, -0.1) is 23.2 Å². The summed E-state index contributed by atoms with van der Waals surface area (Å²) in [6.07, 6.45) is 0.750. The maximum Gasteiger partial charge on any atom is 0.0967 e. The van der Waals surface area contributed by atoms with Crippen molar-refractivity contribution in [2.75, 3.05) is 12.4 Å². The summed E-state index contributed by atoms with van der Waals surface area (Å²) >= 11 is 9.53. The minimum atomic E-state index is 0.194. The van der Waals surface area contributed by atoms with E-state index in [1.807, 2.05) is 27.7 Å².